The zero-order valence-electron chi connectivity index (χ0n) is 7.00. The van der Waals surface area contributed by atoms with E-state index in [1.54, 1.807) is 6.20 Å². The van der Waals surface area contributed by atoms with Gasteiger partial charge in [-0.05, 0) is 26.2 Å². The van der Waals surface area contributed by atoms with E-state index in [9.17, 15) is 0 Å². The summed E-state index contributed by atoms with van der Waals surface area (Å²) >= 11 is 0. The molecule has 1 aliphatic rings. The molecule has 1 heterocycles. The first kappa shape index (κ1) is 7.35. The van der Waals surface area contributed by atoms with Crippen molar-refractivity contribution in [2.45, 2.75) is 31.6 Å². The molecule has 1 aromatic heterocycles. The lowest BCUT2D eigenvalue weighted by Crippen LogP contribution is -2.32. The predicted octanol–water partition coefficient (Wildman–Crippen LogP) is 1.93. The van der Waals surface area contributed by atoms with E-state index in [0.717, 1.165) is 30.6 Å². The summed E-state index contributed by atoms with van der Waals surface area (Å²) in [6.07, 6.45) is 4.72. The van der Waals surface area contributed by atoms with E-state index in [1.807, 2.05) is 6.92 Å². The Morgan fingerprint density at radius 2 is 2.42 bits per heavy atom. The molecule has 1 aromatic rings. The molecule has 0 bridgehead atoms. The van der Waals surface area contributed by atoms with Crippen LogP contribution in [0.15, 0.2) is 10.7 Å². The first-order valence-corrected chi connectivity index (χ1v) is 4.11. The second-order valence-corrected chi connectivity index (χ2v) is 3.34. The van der Waals surface area contributed by atoms with Gasteiger partial charge in [-0.3, -0.25) is 0 Å². The van der Waals surface area contributed by atoms with Crippen LogP contribution in [0.4, 0.5) is 0 Å². The standard InChI is InChI=1S/C9H10N2O/c1-7-8(5-11-12-7)9(6-10)3-2-4-9/h5H,2-4H2,1H3. The van der Waals surface area contributed by atoms with Crippen molar-refractivity contribution in [2.75, 3.05) is 0 Å². The minimum Gasteiger partial charge on any atom is -0.361 e. The molecule has 3 heteroatoms. The number of hydrogen-bond acceptors (Lipinski definition) is 3. The minimum atomic E-state index is -0.274. The van der Waals surface area contributed by atoms with Crippen molar-refractivity contribution in [3.8, 4) is 6.07 Å². The quantitative estimate of drug-likeness (QED) is 0.634. The van der Waals surface area contributed by atoms with Gasteiger partial charge in [0.25, 0.3) is 0 Å². The highest BCUT2D eigenvalue weighted by Gasteiger charge is 2.41. The fourth-order valence-corrected chi connectivity index (χ4v) is 1.73. The van der Waals surface area contributed by atoms with Crippen molar-refractivity contribution in [1.82, 2.24) is 5.16 Å². The first-order valence-electron chi connectivity index (χ1n) is 4.11. The van der Waals surface area contributed by atoms with Gasteiger partial charge in [-0.15, -0.1) is 0 Å². The first-order chi connectivity index (χ1) is 5.78. The second kappa shape index (κ2) is 2.34. The Balaban J connectivity index is 2.42. The Kier molecular flexibility index (Phi) is 1.44. The van der Waals surface area contributed by atoms with E-state index in [4.69, 9.17) is 9.78 Å². The van der Waals surface area contributed by atoms with Crippen molar-refractivity contribution in [3.63, 3.8) is 0 Å². The van der Waals surface area contributed by atoms with Crippen LogP contribution in [-0.4, -0.2) is 5.16 Å². The van der Waals surface area contributed by atoms with Gasteiger partial charge in [0.15, 0.2) is 0 Å². The Morgan fingerprint density at radius 1 is 1.67 bits per heavy atom. The Bertz CT molecular complexity index is 331. The number of aryl methyl sites for hydroxylation is 1. The second-order valence-electron chi connectivity index (χ2n) is 3.34. The topological polar surface area (TPSA) is 49.8 Å². The van der Waals surface area contributed by atoms with Crippen molar-refractivity contribution in [2.24, 2.45) is 0 Å². The Hall–Kier alpha value is -1.30. The molecule has 0 aliphatic heterocycles. The Labute approximate surface area is 71.0 Å². The molecule has 3 nitrogen and oxygen atoms in total. The monoisotopic (exact) mass is 162 g/mol. The zero-order valence-corrected chi connectivity index (χ0v) is 7.00. The lowest BCUT2D eigenvalue weighted by atomic mass is 9.66. The number of aromatic nitrogens is 1. The third-order valence-electron chi connectivity index (χ3n) is 2.69. The summed E-state index contributed by atoms with van der Waals surface area (Å²) in [4.78, 5) is 0. The smallest absolute Gasteiger partial charge is 0.138 e. The van der Waals surface area contributed by atoms with Crippen LogP contribution in [-0.2, 0) is 5.41 Å². The van der Waals surface area contributed by atoms with Gasteiger partial charge in [-0.1, -0.05) is 5.16 Å². The van der Waals surface area contributed by atoms with Crippen LogP contribution in [0.2, 0.25) is 0 Å². The van der Waals surface area contributed by atoms with Gasteiger partial charge < -0.3 is 4.52 Å². The van der Waals surface area contributed by atoms with Crippen LogP contribution in [0.3, 0.4) is 0 Å². The largest absolute Gasteiger partial charge is 0.361 e. The van der Waals surface area contributed by atoms with Crippen LogP contribution in [0.1, 0.15) is 30.6 Å². The number of nitriles is 1. The molecule has 0 spiro atoms. The fraction of sp³-hybridized carbons (Fsp3) is 0.556. The maximum absolute atomic E-state index is 9.01. The molecular weight excluding hydrogens is 152 g/mol. The van der Waals surface area contributed by atoms with Crippen molar-refractivity contribution in [1.29, 1.82) is 5.26 Å². The summed E-state index contributed by atoms with van der Waals surface area (Å²) in [7, 11) is 0. The lowest BCUT2D eigenvalue weighted by molar-refractivity contribution is 0.316. The highest BCUT2D eigenvalue weighted by Crippen LogP contribution is 2.44. The molecule has 0 atom stereocenters. The Morgan fingerprint density at radius 3 is 2.75 bits per heavy atom. The van der Waals surface area contributed by atoms with Crippen LogP contribution >= 0.6 is 0 Å². The van der Waals surface area contributed by atoms with Crippen molar-refractivity contribution < 1.29 is 4.52 Å². The summed E-state index contributed by atoms with van der Waals surface area (Å²) in [6, 6.07) is 2.36. The molecule has 1 saturated carbocycles. The molecule has 0 aromatic carbocycles. The van der Waals surface area contributed by atoms with E-state index in [1.165, 1.54) is 0 Å². The van der Waals surface area contributed by atoms with Gasteiger partial charge in [0.05, 0.1) is 17.7 Å². The van der Waals surface area contributed by atoms with Crippen molar-refractivity contribution in [3.05, 3.63) is 17.5 Å². The zero-order chi connectivity index (χ0) is 8.60. The molecular formula is C9H10N2O. The molecule has 12 heavy (non-hydrogen) atoms. The predicted molar refractivity (Wildman–Crippen MR) is 42.4 cm³/mol. The van der Waals surface area contributed by atoms with Crippen molar-refractivity contribution >= 4 is 0 Å². The van der Waals surface area contributed by atoms with Gasteiger partial charge in [-0.2, -0.15) is 5.26 Å². The highest BCUT2D eigenvalue weighted by molar-refractivity contribution is 5.34. The summed E-state index contributed by atoms with van der Waals surface area (Å²) in [5.74, 6) is 0.788. The van der Waals surface area contributed by atoms with Crippen LogP contribution in [0.25, 0.3) is 0 Å². The van der Waals surface area contributed by atoms with E-state index < -0.39 is 0 Å². The average molecular weight is 162 g/mol. The van der Waals surface area contributed by atoms with E-state index in [0.29, 0.717) is 0 Å². The summed E-state index contributed by atoms with van der Waals surface area (Å²) < 4.78 is 4.95. The van der Waals surface area contributed by atoms with Gasteiger partial charge in [-0.25, -0.2) is 0 Å². The number of rotatable bonds is 1. The van der Waals surface area contributed by atoms with E-state index in [-0.39, 0.29) is 5.41 Å². The molecule has 0 radical (unpaired) electrons. The highest BCUT2D eigenvalue weighted by atomic mass is 16.5. The fourth-order valence-electron chi connectivity index (χ4n) is 1.73. The van der Waals surface area contributed by atoms with Crippen LogP contribution in [0.5, 0.6) is 0 Å². The number of hydrogen-bond donors (Lipinski definition) is 0. The summed E-state index contributed by atoms with van der Waals surface area (Å²) in [6.45, 7) is 1.86. The average Bonchev–Trinajstić information content (AvgIpc) is 2.36. The molecule has 2 rings (SSSR count). The third-order valence-corrected chi connectivity index (χ3v) is 2.69. The summed E-state index contributed by atoms with van der Waals surface area (Å²) in [5.41, 5.74) is 0.709. The van der Waals surface area contributed by atoms with Crippen LogP contribution < -0.4 is 0 Å². The van der Waals surface area contributed by atoms with Gasteiger partial charge >= 0.3 is 0 Å². The molecule has 0 amide bonds. The van der Waals surface area contributed by atoms with Crippen LogP contribution in [0, 0.1) is 18.3 Å². The SMILES string of the molecule is Cc1oncc1C1(C#N)CCC1. The molecule has 1 fully saturated rings. The molecule has 0 N–H and O–H groups in total. The normalized spacial score (nSPS) is 19.7. The number of nitrogens with zero attached hydrogens (tertiary/aromatic N) is 2. The third kappa shape index (κ3) is 0.781. The van der Waals surface area contributed by atoms with Gasteiger partial charge in [0.2, 0.25) is 0 Å². The molecule has 0 saturated heterocycles. The minimum absolute atomic E-state index is 0.274. The molecule has 0 unspecified atom stereocenters. The van der Waals surface area contributed by atoms with Gasteiger partial charge in [0, 0.05) is 5.56 Å². The lowest BCUT2D eigenvalue weighted by Gasteiger charge is -2.34. The maximum atomic E-state index is 9.01. The molecule has 62 valence electrons. The maximum Gasteiger partial charge on any atom is 0.138 e. The van der Waals surface area contributed by atoms with Gasteiger partial charge in [0.1, 0.15) is 5.76 Å². The van der Waals surface area contributed by atoms with E-state index >= 15 is 0 Å². The van der Waals surface area contributed by atoms with E-state index in [2.05, 4.69) is 11.2 Å². The summed E-state index contributed by atoms with van der Waals surface area (Å²) in [5, 5.41) is 12.7. The molecule has 1 aliphatic carbocycles.